The molecule has 0 saturated heterocycles. The van der Waals surface area contributed by atoms with E-state index in [0.717, 1.165) is 12.1 Å². The van der Waals surface area contributed by atoms with Crippen LogP contribution in [-0.2, 0) is 0 Å². The molecule has 0 spiro atoms. The van der Waals surface area contributed by atoms with Crippen molar-refractivity contribution in [3.63, 3.8) is 0 Å². The van der Waals surface area contributed by atoms with Crippen LogP contribution in [0.5, 0.6) is 0 Å². The third-order valence-corrected chi connectivity index (χ3v) is 3.77. The van der Waals surface area contributed by atoms with Crippen molar-refractivity contribution >= 4 is 46.3 Å². The van der Waals surface area contributed by atoms with Gasteiger partial charge in [0.05, 0.1) is 27.6 Å². The average molecular weight is 368 g/mol. The van der Waals surface area contributed by atoms with E-state index in [1.54, 1.807) is 18.2 Å². The Hall–Kier alpha value is -2.51. The Bertz CT molecular complexity index is 891. The lowest BCUT2D eigenvalue weighted by atomic mass is 10.3. The van der Waals surface area contributed by atoms with Crippen LogP contribution in [0.4, 0.5) is 31.9 Å². The molecule has 3 aromatic rings. The zero-order chi connectivity index (χ0) is 17.1. The summed E-state index contributed by atoms with van der Waals surface area (Å²) in [5, 5.41) is 13.8. The van der Waals surface area contributed by atoms with Gasteiger partial charge in [-0.3, -0.25) is 0 Å². The van der Waals surface area contributed by atoms with Crippen molar-refractivity contribution in [1.29, 1.82) is 0 Å². The third kappa shape index (κ3) is 3.69. The Morgan fingerprint density at radius 2 is 1.79 bits per heavy atom. The zero-order valence-electron chi connectivity index (χ0n) is 11.9. The maximum absolute atomic E-state index is 13.7. The van der Waals surface area contributed by atoms with E-state index in [1.165, 1.54) is 12.3 Å². The molecule has 0 aliphatic carbocycles. The average Bonchev–Trinajstić information content (AvgIpc) is 2.55. The van der Waals surface area contributed by atoms with Crippen LogP contribution in [0.25, 0.3) is 0 Å². The van der Waals surface area contributed by atoms with E-state index in [2.05, 4.69) is 25.8 Å². The van der Waals surface area contributed by atoms with Gasteiger partial charge >= 0.3 is 0 Å². The molecule has 0 aliphatic heterocycles. The maximum atomic E-state index is 13.7. The van der Waals surface area contributed by atoms with E-state index in [1.807, 2.05) is 0 Å². The molecule has 9 heteroatoms. The number of halogens is 4. The highest BCUT2D eigenvalue weighted by atomic mass is 35.5. The van der Waals surface area contributed by atoms with E-state index in [4.69, 9.17) is 23.2 Å². The summed E-state index contributed by atoms with van der Waals surface area (Å²) in [6.07, 6.45) is 1.36. The lowest BCUT2D eigenvalue weighted by Gasteiger charge is -2.10. The first-order valence-corrected chi connectivity index (χ1v) is 7.41. The zero-order valence-corrected chi connectivity index (χ0v) is 13.4. The highest BCUT2D eigenvalue weighted by Crippen LogP contribution is 2.31. The fourth-order valence-electron chi connectivity index (χ4n) is 1.87. The van der Waals surface area contributed by atoms with Gasteiger partial charge in [-0.05, 0) is 24.3 Å². The first-order valence-electron chi connectivity index (χ1n) is 6.66. The monoisotopic (exact) mass is 367 g/mol. The number of nitrogens with one attached hydrogen (secondary N) is 2. The first-order chi connectivity index (χ1) is 11.5. The minimum Gasteiger partial charge on any atom is -0.338 e. The standard InChI is InChI=1S/C15H9Cl2F2N5/c16-9-2-1-3-12(14(9)17)21-13-7-20-24-15(23-13)22-11-5-4-8(18)6-10(11)19/h1-7H,(H2,21,22,23,24). The Balaban J connectivity index is 1.82. The summed E-state index contributed by atoms with van der Waals surface area (Å²) < 4.78 is 26.6. The second-order valence-corrected chi connectivity index (χ2v) is 5.43. The third-order valence-electron chi connectivity index (χ3n) is 2.95. The topological polar surface area (TPSA) is 62.7 Å². The highest BCUT2D eigenvalue weighted by Gasteiger charge is 2.09. The minimum absolute atomic E-state index is 0.0242. The number of hydrogen-bond acceptors (Lipinski definition) is 5. The molecule has 2 aromatic carbocycles. The van der Waals surface area contributed by atoms with Gasteiger partial charge in [0.2, 0.25) is 5.95 Å². The van der Waals surface area contributed by atoms with Gasteiger partial charge in [-0.15, -0.1) is 5.10 Å². The number of hydrogen-bond donors (Lipinski definition) is 2. The van der Waals surface area contributed by atoms with Gasteiger partial charge in [0.1, 0.15) is 11.6 Å². The van der Waals surface area contributed by atoms with Crippen LogP contribution in [0.3, 0.4) is 0 Å². The van der Waals surface area contributed by atoms with Gasteiger partial charge in [-0.25, -0.2) is 8.78 Å². The molecular weight excluding hydrogens is 359 g/mol. The SMILES string of the molecule is Fc1ccc(Nc2nncc(Nc3cccc(Cl)c3Cl)n2)c(F)c1. The number of nitrogens with zero attached hydrogens (tertiary/aromatic N) is 3. The van der Waals surface area contributed by atoms with Crippen molar-refractivity contribution in [1.82, 2.24) is 15.2 Å². The number of benzene rings is 2. The van der Waals surface area contributed by atoms with Crippen LogP contribution < -0.4 is 10.6 Å². The summed E-state index contributed by atoms with van der Waals surface area (Å²) in [4.78, 5) is 4.14. The fourth-order valence-corrected chi connectivity index (χ4v) is 2.21. The highest BCUT2D eigenvalue weighted by molar-refractivity contribution is 6.43. The van der Waals surface area contributed by atoms with Crippen molar-refractivity contribution in [3.05, 3.63) is 64.3 Å². The minimum atomic E-state index is -0.769. The van der Waals surface area contributed by atoms with E-state index in [9.17, 15) is 8.78 Å². The molecule has 1 aromatic heterocycles. The van der Waals surface area contributed by atoms with E-state index < -0.39 is 11.6 Å². The number of aromatic nitrogens is 3. The molecule has 0 amide bonds. The molecule has 3 rings (SSSR count). The Labute approximate surface area is 145 Å². The number of anilines is 4. The molecule has 0 aliphatic rings. The second-order valence-electron chi connectivity index (χ2n) is 4.64. The molecule has 122 valence electrons. The summed E-state index contributed by atoms with van der Waals surface area (Å²) in [6.45, 7) is 0. The van der Waals surface area contributed by atoms with Gasteiger partial charge in [-0.2, -0.15) is 10.1 Å². The molecule has 0 saturated carbocycles. The lowest BCUT2D eigenvalue weighted by Crippen LogP contribution is -2.03. The fraction of sp³-hybridized carbons (Fsp3) is 0. The van der Waals surface area contributed by atoms with Crippen LogP contribution in [0, 0.1) is 11.6 Å². The molecule has 0 fully saturated rings. The van der Waals surface area contributed by atoms with Gasteiger partial charge in [-0.1, -0.05) is 29.3 Å². The van der Waals surface area contributed by atoms with Crippen LogP contribution in [0.2, 0.25) is 10.0 Å². The Morgan fingerprint density at radius 3 is 2.58 bits per heavy atom. The Morgan fingerprint density at radius 1 is 0.958 bits per heavy atom. The van der Waals surface area contributed by atoms with Crippen molar-refractivity contribution in [2.24, 2.45) is 0 Å². The van der Waals surface area contributed by atoms with Crippen molar-refractivity contribution in [2.45, 2.75) is 0 Å². The van der Waals surface area contributed by atoms with E-state index in [0.29, 0.717) is 21.6 Å². The van der Waals surface area contributed by atoms with Crippen LogP contribution in [0.15, 0.2) is 42.6 Å². The summed E-state index contributed by atoms with van der Waals surface area (Å²) in [6, 6.07) is 8.19. The predicted octanol–water partition coefficient (Wildman–Crippen LogP) is 4.94. The molecule has 1 heterocycles. The molecular formula is C15H9Cl2F2N5. The summed E-state index contributed by atoms with van der Waals surface area (Å²) in [7, 11) is 0. The van der Waals surface area contributed by atoms with Crippen molar-refractivity contribution in [3.8, 4) is 0 Å². The van der Waals surface area contributed by atoms with Gasteiger partial charge in [0.15, 0.2) is 5.82 Å². The van der Waals surface area contributed by atoms with Crippen LogP contribution >= 0.6 is 23.2 Å². The summed E-state index contributed by atoms with van der Waals surface area (Å²) in [5.41, 5.74) is 0.555. The second kappa shape index (κ2) is 6.94. The predicted molar refractivity (Wildman–Crippen MR) is 89.2 cm³/mol. The summed E-state index contributed by atoms with van der Waals surface area (Å²) in [5.74, 6) is -1.10. The smallest absolute Gasteiger partial charge is 0.249 e. The van der Waals surface area contributed by atoms with E-state index >= 15 is 0 Å². The molecule has 0 unspecified atom stereocenters. The van der Waals surface area contributed by atoms with Gasteiger partial charge in [0.25, 0.3) is 0 Å². The largest absolute Gasteiger partial charge is 0.338 e. The summed E-state index contributed by atoms with van der Waals surface area (Å²) >= 11 is 12.0. The molecule has 24 heavy (non-hydrogen) atoms. The quantitative estimate of drug-likeness (QED) is 0.683. The first kappa shape index (κ1) is 16.4. The van der Waals surface area contributed by atoms with Crippen LogP contribution in [0.1, 0.15) is 0 Å². The molecule has 2 N–H and O–H groups in total. The van der Waals surface area contributed by atoms with Crippen molar-refractivity contribution in [2.75, 3.05) is 10.6 Å². The molecule has 0 radical (unpaired) electrons. The molecule has 0 atom stereocenters. The Kier molecular flexibility index (Phi) is 4.73. The van der Waals surface area contributed by atoms with Crippen LogP contribution in [-0.4, -0.2) is 15.2 Å². The van der Waals surface area contributed by atoms with Crippen molar-refractivity contribution < 1.29 is 8.78 Å². The van der Waals surface area contributed by atoms with E-state index in [-0.39, 0.29) is 11.6 Å². The number of rotatable bonds is 4. The normalized spacial score (nSPS) is 10.5. The van der Waals surface area contributed by atoms with Gasteiger partial charge < -0.3 is 10.6 Å². The lowest BCUT2D eigenvalue weighted by molar-refractivity contribution is 0.586. The molecule has 5 nitrogen and oxygen atoms in total. The maximum Gasteiger partial charge on any atom is 0.249 e. The van der Waals surface area contributed by atoms with Gasteiger partial charge in [0, 0.05) is 6.07 Å². The molecule has 0 bridgehead atoms.